The van der Waals surface area contributed by atoms with E-state index in [9.17, 15) is 152 Å². The maximum atomic E-state index is 14.1. The number of hydrogen-bond donors (Lipinski definition) is 2. The highest BCUT2D eigenvalue weighted by Crippen LogP contribution is 2.62. The Morgan fingerprint density at radius 1 is 0.382 bits per heavy atom. The molecule has 0 aromatic heterocycles. The molecule has 0 aromatic rings. The summed E-state index contributed by atoms with van der Waals surface area (Å²) in [6, 6.07) is 0. The van der Waals surface area contributed by atoms with E-state index in [4.69, 9.17) is 0 Å². The quantitative estimate of drug-likeness (QED) is 0.0750. The molecule has 0 aliphatic heterocycles. The van der Waals surface area contributed by atoms with E-state index in [1.54, 1.807) is 0 Å². The lowest BCUT2D eigenvalue weighted by atomic mass is 9.65. The SMILES string of the molecule is C=C(C(=O)OC1CC(C(O)(C(F)(F)F)C(F)(F)F)CC(C(O)(C(F)(F)F)C(F)(F)F)C1)C(F)(F)F.C=C(C(=O)OC1CC(C(OCOC)(C(F)(F)F)C(F)(F)F)CC(C(OCOC)(C(F)(F)F)C(F)(F)F)C1)C(F)(F)F. The van der Waals surface area contributed by atoms with Crippen molar-refractivity contribution in [1.82, 2.24) is 0 Å². The average Bonchev–Trinajstić information content (AvgIpc) is 3.18. The Morgan fingerprint density at radius 3 is 0.776 bits per heavy atom. The second-order valence-corrected chi connectivity index (χ2v) is 16.3. The molecule has 4 atom stereocenters. The predicted molar refractivity (Wildman–Crippen MR) is 182 cm³/mol. The monoisotopic (exact) mass is 1200 g/mol. The van der Waals surface area contributed by atoms with Gasteiger partial charge in [-0.2, -0.15) is 132 Å². The molecule has 0 amide bonds. The minimum atomic E-state index is -6.78. The fourth-order valence-electron chi connectivity index (χ4n) is 8.11. The number of aliphatic hydroxyl groups is 2. The highest BCUT2D eigenvalue weighted by molar-refractivity contribution is 5.89. The summed E-state index contributed by atoms with van der Waals surface area (Å²) in [6.45, 7) is 0.733. The van der Waals surface area contributed by atoms with Crippen molar-refractivity contribution in [1.29, 1.82) is 0 Å². The summed E-state index contributed by atoms with van der Waals surface area (Å²) in [6.07, 6.45) is -82.9. The van der Waals surface area contributed by atoms with Crippen molar-refractivity contribution in [3.63, 3.8) is 0 Å². The third kappa shape index (κ3) is 14.1. The molecule has 2 aliphatic carbocycles. The maximum absolute atomic E-state index is 14.1. The van der Waals surface area contributed by atoms with Crippen LogP contribution in [0.1, 0.15) is 38.5 Å². The van der Waals surface area contributed by atoms with Gasteiger partial charge in [0.25, 0.3) is 22.4 Å². The van der Waals surface area contributed by atoms with Gasteiger partial charge >= 0.3 is 73.7 Å². The van der Waals surface area contributed by atoms with Crippen LogP contribution in [0.25, 0.3) is 0 Å². The summed E-state index contributed by atoms with van der Waals surface area (Å²) in [4.78, 5) is 23.4. The molecule has 0 heterocycles. The Kier molecular flexibility index (Phi) is 20.9. The van der Waals surface area contributed by atoms with Crippen molar-refractivity contribution in [3.05, 3.63) is 24.3 Å². The summed E-state index contributed by atoms with van der Waals surface area (Å²) < 4.78 is 427. The summed E-state index contributed by atoms with van der Waals surface area (Å²) in [5.41, 5.74) is -27.9. The summed E-state index contributed by atoms with van der Waals surface area (Å²) in [5.74, 6) is -19.5. The van der Waals surface area contributed by atoms with E-state index in [1.165, 1.54) is 0 Å². The molecule has 10 nitrogen and oxygen atoms in total. The fraction of sp³-hybridized carbons (Fsp3) is 0.833. The van der Waals surface area contributed by atoms with Gasteiger partial charge in [0.15, 0.2) is 0 Å². The largest absolute Gasteiger partial charge is 0.459 e. The van der Waals surface area contributed by atoms with Gasteiger partial charge in [-0.15, -0.1) is 0 Å². The second-order valence-electron chi connectivity index (χ2n) is 16.3. The van der Waals surface area contributed by atoms with Gasteiger partial charge in [0.1, 0.15) is 36.9 Å². The van der Waals surface area contributed by atoms with Gasteiger partial charge in [-0.05, 0) is 38.5 Å². The van der Waals surface area contributed by atoms with Crippen LogP contribution < -0.4 is 0 Å². The molecule has 0 radical (unpaired) electrons. The molecule has 0 spiro atoms. The van der Waals surface area contributed by atoms with Crippen molar-refractivity contribution in [2.75, 3.05) is 27.8 Å². The van der Waals surface area contributed by atoms with Crippen LogP contribution in [0.5, 0.6) is 0 Å². The number of rotatable bonds is 14. The zero-order valence-electron chi connectivity index (χ0n) is 37.0. The summed E-state index contributed by atoms with van der Waals surface area (Å²) in [7, 11) is 1.07. The van der Waals surface area contributed by atoms with E-state index in [0.717, 1.165) is 0 Å². The van der Waals surface area contributed by atoms with Gasteiger partial charge in [0, 0.05) is 37.9 Å². The zero-order valence-corrected chi connectivity index (χ0v) is 37.0. The van der Waals surface area contributed by atoms with E-state index in [-0.39, 0.29) is 0 Å². The Bertz CT molecular complexity index is 1830. The zero-order chi connectivity index (χ0) is 60.7. The highest BCUT2D eigenvalue weighted by atomic mass is 19.5. The Morgan fingerprint density at radius 2 is 0.592 bits per heavy atom. The number of esters is 2. The first-order valence-corrected chi connectivity index (χ1v) is 19.5. The van der Waals surface area contributed by atoms with Crippen LogP contribution in [-0.2, 0) is 38.0 Å². The lowest BCUT2D eigenvalue weighted by molar-refractivity contribution is -0.427. The van der Waals surface area contributed by atoms with Gasteiger partial charge in [-0.25, -0.2) is 9.59 Å². The van der Waals surface area contributed by atoms with Gasteiger partial charge in [0.2, 0.25) is 0 Å². The third-order valence-corrected chi connectivity index (χ3v) is 11.6. The maximum Gasteiger partial charge on any atom is 0.426 e. The number of ether oxygens (including phenoxy) is 6. The van der Waals surface area contributed by atoms with Crippen molar-refractivity contribution >= 4 is 11.9 Å². The van der Waals surface area contributed by atoms with Crippen molar-refractivity contribution < 1.29 is 180 Å². The van der Waals surface area contributed by atoms with E-state index in [2.05, 4.69) is 41.6 Å². The van der Waals surface area contributed by atoms with Crippen LogP contribution >= 0.6 is 0 Å². The molecule has 40 heteroatoms. The molecule has 0 bridgehead atoms. The van der Waals surface area contributed by atoms with Crippen LogP contribution in [0.15, 0.2) is 24.3 Å². The Hall–Kier alpha value is -3.92. The fourth-order valence-corrected chi connectivity index (χ4v) is 8.11. The van der Waals surface area contributed by atoms with Crippen LogP contribution in [0.3, 0.4) is 0 Å². The van der Waals surface area contributed by atoms with E-state index >= 15 is 0 Å². The number of alkyl halides is 30. The molecule has 2 aliphatic rings. The van der Waals surface area contributed by atoms with Gasteiger partial charge in [0.05, 0.1) is 0 Å². The van der Waals surface area contributed by atoms with Gasteiger partial charge < -0.3 is 38.6 Å². The predicted octanol–water partition coefficient (Wildman–Crippen LogP) is 11.5. The van der Waals surface area contributed by atoms with Crippen LogP contribution in [0.4, 0.5) is 132 Å². The number of carbonyl (C=O) groups excluding carboxylic acids is 2. The average molecular weight is 1200 g/mol. The van der Waals surface area contributed by atoms with Crippen molar-refractivity contribution in [2.24, 2.45) is 23.7 Å². The molecule has 4 unspecified atom stereocenters. The van der Waals surface area contributed by atoms with Crippen LogP contribution in [-0.4, -0.2) is 146 Å². The normalized spacial score (nSPS) is 22.8. The lowest BCUT2D eigenvalue weighted by Gasteiger charge is -2.50. The minimum absolute atomic E-state index is 0.533. The smallest absolute Gasteiger partial charge is 0.426 e. The Labute approximate surface area is 403 Å². The number of hydrogen-bond acceptors (Lipinski definition) is 10. The van der Waals surface area contributed by atoms with E-state index in [0.29, 0.717) is 14.2 Å². The topological polar surface area (TPSA) is 130 Å². The minimum Gasteiger partial charge on any atom is -0.459 e. The lowest BCUT2D eigenvalue weighted by Crippen LogP contribution is -2.69. The van der Waals surface area contributed by atoms with Gasteiger partial charge in [-0.3, -0.25) is 0 Å². The van der Waals surface area contributed by atoms with Crippen molar-refractivity contribution in [3.8, 4) is 0 Å². The van der Waals surface area contributed by atoms with E-state index < -0.39 is 195 Å². The number of halogens is 30. The molecule has 0 saturated heterocycles. The molecule has 2 N–H and O–H groups in total. The molecule has 76 heavy (non-hydrogen) atoms. The molecule has 2 rings (SSSR count). The molecular formula is C36H34F30O10. The molecule has 2 saturated carbocycles. The van der Waals surface area contributed by atoms with Crippen molar-refractivity contribution in [2.45, 2.75) is 135 Å². The number of carbonyl (C=O) groups is 2. The third-order valence-electron chi connectivity index (χ3n) is 11.6. The van der Waals surface area contributed by atoms with Gasteiger partial charge in [-0.1, -0.05) is 13.2 Å². The molecule has 2 fully saturated rings. The first kappa shape index (κ1) is 70.1. The van der Waals surface area contributed by atoms with E-state index in [1.807, 2.05) is 0 Å². The molecular weight excluding hydrogens is 1160 g/mol. The summed E-state index contributed by atoms with van der Waals surface area (Å²) >= 11 is 0. The standard InChI is InChI=1S/C20H21F15O6.C16H13F15O4/c1-9(16(21,22)23)13(36)41-12-5-10(14(17(24,25)26,18(27,28)29)39-7-37-2)4-11(6-12)15(19(30,31)32,20(33,34)35)40-8-38-3;1-5(12(17,18)19)9(32)35-8-3-6(10(33,13(20,21)22)14(23,24)25)2-7(4-8)11(34,15(26,27)28)16(29,30)31/h10-12H,1,4-8H2,2-3H3;6-8,33-34H,1-4H2. The first-order valence-electron chi connectivity index (χ1n) is 19.5. The highest BCUT2D eigenvalue weighted by Gasteiger charge is 2.82. The second kappa shape index (κ2) is 22.7. The summed E-state index contributed by atoms with van der Waals surface area (Å²) in [5, 5.41) is 18.9. The van der Waals surface area contributed by atoms with Crippen LogP contribution in [0, 0.1) is 23.7 Å². The molecule has 448 valence electrons. The molecule has 0 aromatic carbocycles. The first-order chi connectivity index (χ1) is 33.4. The number of methoxy groups -OCH3 is 2. The Balaban J connectivity index is 0.000000770. The van der Waals surface area contributed by atoms with Crippen LogP contribution in [0.2, 0.25) is 0 Å².